The van der Waals surface area contributed by atoms with Crippen LogP contribution in [-0.4, -0.2) is 17.7 Å². The van der Waals surface area contributed by atoms with E-state index in [1.54, 1.807) is 12.1 Å². The zero-order valence-electron chi connectivity index (χ0n) is 16.6. The van der Waals surface area contributed by atoms with E-state index in [4.69, 9.17) is 0 Å². The van der Waals surface area contributed by atoms with Gasteiger partial charge >= 0.3 is 0 Å². The molecule has 1 aliphatic heterocycles. The first-order valence-electron chi connectivity index (χ1n) is 10.3. The highest BCUT2D eigenvalue weighted by atomic mass is 19.1. The largest absolute Gasteiger partial charge is 0.350 e. The summed E-state index contributed by atoms with van der Waals surface area (Å²) in [6.07, 6.45) is 2.21. The summed E-state index contributed by atoms with van der Waals surface area (Å²) in [6, 6.07) is 26.6. The SMILES string of the molecule is Cn1cc(C(C2CNC2)C(c2ccccc2)c2ccccc2)c2cc(F)ccc21. The van der Waals surface area contributed by atoms with Gasteiger partial charge in [0, 0.05) is 36.0 Å². The number of halogens is 1. The average Bonchev–Trinajstić information content (AvgIpc) is 3.03. The molecule has 1 aliphatic rings. The Morgan fingerprint density at radius 2 is 1.52 bits per heavy atom. The molecule has 3 aromatic carbocycles. The highest BCUT2D eigenvalue weighted by Crippen LogP contribution is 2.46. The normalized spacial score (nSPS) is 15.6. The molecule has 0 bridgehead atoms. The van der Waals surface area contributed by atoms with Crippen LogP contribution in [0.15, 0.2) is 85.1 Å². The van der Waals surface area contributed by atoms with Crippen molar-refractivity contribution in [3.8, 4) is 0 Å². The van der Waals surface area contributed by atoms with Crippen molar-refractivity contribution in [2.75, 3.05) is 13.1 Å². The molecule has 0 radical (unpaired) electrons. The van der Waals surface area contributed by atoms with Crippen LogP contribution < -0.4 is 5.32 Å². The summed E-state index contributed by atoms with van der Waals surface area (Å²) in [5, 5.41) is 4.48. The van der Waals surface area contributed by atoms with Gasteiger partial charge in [0.05, 0.1) is 0 Å². The van der Waals surface area contributed by atoms with Crippen molar-refractivity contribution in [3.63, 3.8) is 0 Å². The van der Waals surface area contributed by atoms with Crippen LogP contribution >= 0.6 is 0 Å². The summed E-state index contributed by atoms with van der Waals surface area (Å²) in [5.74, 6) is 0.825. The zero-order chi connectivity index (χ0) is 19.8. The second-order valence-electron chi connectivity index (χ2n) is 8.10. The van der Waals surface area contributed by atoms with Crippen LogP contribution in [0, 0.1) is 11.7 Å². The molecule has 1 atom stereocenters. The highest BCUT2D eigenvalue weighted by Gasteiger charge is 2.37. The molecule has 1 aromatic heterocycles. The first-order chi connectivity index (χ1) is 14.2. The Kier molecular flexibility index (Phi) is 4.69. The maximum absolute atomic E-state index is 14.2. The second kappa shape index (κ2) is 7.49. The van der Waals surface area contributed by atoms with Gasteiger partial charge in [-0.1, -0.05) is 60.7 Å². The van der Waals surface area contributed by atoms with E-state index in [1.807, 2.05) is 6.07 Å². The number of hydrogen-bond acceptors (Lipinski definition) is 1. The lowest BCUT2D eigenvalue weighted by atomic mass is 9.69. The Bertz CT molecular complexity index is 1070. The number of nitrogens with one attached hydrogen (secondary N) is 1. The van der Waals surface area contributed by atoms with Crippen molar-refractivity contribution in [3.05, 3.63) is 108 Å². The lowest BCUT2D eigenvalue weighted by Crippen LogP contribution is -2.46. The fourth-order valence-electron chi connectivity index (χ4n) is 4.86. The number of benzene rings is 3. The van der Waals surface area contributed by atoms with Crippen molar-refractivity contribution < 1.29 is 4.39 Å². The van der Waals surface area contributed by atoms with Crippen LogP contribution in [0.4, 0.5) is 4.39 Å². The van der Waals surface area contributed by atoms with Gasteiger partial charge in [-0.3, -0.25) is 0 Å². The van der Waals surface area contributed by atoms with Crippen molar-refractivity contribution in [2.24, 2.45) is 13.0 Å². The Labute approximate surface area is 171 Å². The number of aryl methyl sites for hydroxylation is 1. The van der Waals surface area contributed by atoms with Gasteiger partial charge in [-0.25, -0.2) is 4.39 Å². The van der Waals surface area contributed by atoms with E-state index in [0.717, 1.165) is 24.0 Å². The van der Waals surface area contributed by atoms with Crippen LogP contribution in [0.1, 0.15) is 28.5 Å². The summed E-state index contributed by atoms with van der Waals surface area (Å²) in [6.45, 7) is 1.99. The fraction of sp³-hybridized carbons (Fsp3) is 0.231. The summed E-state index contributed by atoms with van der Waals surface area (Å²) in [4.78, 5) is 0. The monoisotopic (exact) mass is 384 g/mol. The standard InChI is InChI=1S/C26H25FN2/c1-29-17-23(22-14-21(27)12-13-24(22)29)26(20-15-28-16-20)25(18-8-4-2-5-9-18)19-10-6-3-7-11-19/h2-14,17,20,25-26,28H,15-16H2,1H3. The third kappa shape index (κ3) is 3.26. The first kappa shape index (κ1) is 18.1. The maximum Gasteiger partial charge on any atom is 0.123 e. The van der Waals surface area contributed by atoms with E-state index in [9.17, 15) is 4.39 Å². The van der Waals surface area contributed by atoms with Gasteiger partial charge in [0.15, 0.2) is 0 Å². The van der Waals surface area contributed by atoms with Crippen LogP contribution in [0.2, 0.25) is 0 Å². The molecule has 1 fully saturated rings. The van der Waals surface area contributed by atoms with Gasteiger partial charge in [-0.05, 0) is 53.9 Å². The predicted octanol–water partition coefficient (Wildman–Crippen LogP) is 5.45. The van der Waals surface area contributed by atoms with E-state index < -0.39 is 0 Å². The van der Waals surface area contributed by atoms with Gasteiger partial charge < -0.3 is 9.88 Å². The van der Waals surface area contributed by atoms with E-state index in [0.29, 0.717) is 5.92 Å². The molecule has 1 saturated heterocycles. The van der Waals surface area contributed by atoms with Gasteiger partial charge in [-0.2, -0.15) is 0 Å². The number of fused-ring (bicyclic) bond motifs is 1. The van der Waals surface area contributed by atoms with Gasteiger partial charge in [0.1, 0.15) is 5.82 Å². The fourth-order valence-corrected chi connectivity index (χ4v) is 4.86. The molecule has 0 aliphatic carbocycles. The third-order valence-electron chi connectivity index (χ3n) is 6.34. The van der Waals surface area contributed by atoms with Crippen molar-refractivity contribution >= 4 is 10.9 Å². The minimum atomic E-state index is -0.175. The molecule has 3 heteroatoms. The minimum Gasteiger partial charge on any atom is -0.350 e. The van der Waals surface area contributed by atoms with Gasteiger partial charge in [0.2, 0.25) is 0 Å². The molecule has 5 rings (SSSR count). The number of nitrogens with zero attached hydrogens (tertiary/aromatic N) is 1. The molecule has 29 heavy (non-hydrogen) atoms. The Hall–Kier alpha value is -2.91. The van der Waals surface area contributed by atoms with Crippen LogP contribution in [0.5, 0.6) is 0 Å². The van der Waals surface area contributed by atoms with Crippen molar-refractivity contribution in [1.29, 1.82) is 0 Å². The molecule has 4 aromatic rings. The summed E-state index contributed by atoms with van der Waals surface area (Å²) in [7, 11) is 2.06. The van der Waals surface area contributed by atoms with E-state index in [2.05, 4.69) is 83.8 Å². The molecule has 146 valence electrons. The lowest BCUT2D eigenvalue weighted by molar-refractivity contribution is 0.275. The predicted molar refractivity (Wildman–Crippen MR) is 117 cm³/mol. The molecule has 1 N–H and O–H groups in total. The highest BCUT2D eigenvalue weighted by molar-refractivity contribution is 5.85. The zero-order valence-corrected chi connectivity index (χ0v) is 16.6. The maximum atomic E-state index is 14.2. The Morgan fingerprint density at radius 3 is 2.07 bits per heavy atom. The summed E-state index contributed by atoms with van der Waals surface area (Å²) >= 11 is 0. The van der Waals surface area contributed by atoms with Gasteiger partial charge in [-0.15, -0.1) is 0 Å². The quantitative estimate of drug-likeness (QED) is 0.484. The summed E-state index contributed by atoms with van der Waals surface area (Å²) in [5.41, 5.74) is 4.94. The van der Waals surface area contributed by atoms with E-state index in [1.165, 1.54) is 16.7 Å². The molecule has 2 heterocycles. The smallest absolute Gasteiger partial charge is 0.123 e. The van der Waals surface area contributed by atoms with Crippen LogP contribution in [-0.2, 0) is 7.05 Å². The number of hydrogen-bond donors (Lipinski definition) is 1. The lowest BCUT2D eigenvalue weighted by Gasteiger charge is -2.40. The van der Waals surface area contributed by atoms with Gasteiger partial charge in [0.25, 0.3) is 0 Å². The van der Waals surface area contributed by atoms with Crippen molar-refractivity contribution in [1.82, 2.24) is 9.88 Å². The molecule has 0 saturated carbocycles. The second-order valence-corrected chi connectivity index (χ2v) is 8.10. The number of rotatable bonds is 5. The molecular formula is C26H25FN2. The summed E-state index contributed by atoms with van der Waals surface area (Å²) < 4.78 is 16.3. The molecular weight excluding hydrogens is 359 g/mol. The molecule has 1 unspecified atom stereocenters. The number of aromatic nitrogens is 1. The van der Waals surface area contributed by atoms with E-state index in [-0.39, 0.29) is 17.7 Å². The Balaban J connectivity index is 1.74. The van der Waals surface area contributed by atoms with Crippen molar-refractivity contribution in [2.45, 2.75) is 11.8 Å². The molecule has 0 amide bonds. The van der Waals surface area contributed by atoms with Crippen LogP contribution in [0.3, 0.4) is 0 Å². The molecule has 2 nitrogen and oxygen atoms in total. The Morgan fingerprint density at radius 1 is 0.897 bits per heavy atom. The average molecular weight is 384 g/mol. The molecule has 0 spiro atoms. The minimum absolute atomic E-state index is 0.175. The third-order valence-corrected chi connectivity index (χ3v) is 6.34. The topological polar surface area (TPSA) is 17.0 Å². The first-order valence-corrected chi connectivity index (χ1v) is 10.3. The van der Waals surface area contributed by atoms with E-state index >= 15 is 0 Å². The van der Waals surface area contributed by atoms with Crippen LogP contribution in [0.25, 0.3) is 10.9 Å².